The molecule has 1 aliphatic rings. The fourth-order valence-electron chi connectivity index (χ4n) is 3.95. The SMILES string of the molecule is Cn1cc(-c2ccc(F)cc2)c(-c2ccncc2)c1CCCN1CCOCC1. The summed E-state index contributed by atoms with van der Waals surface area (Å²) >= 11 is 0. The number of nitrogens with zero attached hydrogens (tertiary/aromatic N) is 3. The Morgan fingerprint density at radius 2 is 1.71 bits per heavy atom. The molecule has 0 radical (unpaired) electrons. The van der Waals surface area contributed by atoms with Crippen LogP contribution >= 0.6 is 0 Å². The van der Waals surface area contributed by atoms with Gasteiger partial charge < -0.3 is 9.30 Å². The van der Waals surface area contributed by atoms with Gasteiger partial charge in [-0.3, -0.25) is 9.88 Å². The summed E-state index contributed by atoms with van der Waals surface area (Å²) in [5.74, 6) is -0.212. The van der Waals surface area contributed by atoms with E-state index >= 15 is 0 Å². The first kappa shape index (κ1) is 18.8. The molecule has 0 amide bonds. The average Bonchev–Trinajstić information content (AvgIpc) is 3.06. The van der Waals surface area contributed by atoms with Gasteiger partial charge in [-0.25, -0.2) is 4.39 Å². The maximum atomic E-state index is 13.4. The Kier molecular flexibility index (Phi) is 5.84. The average molecular weight is 379 g/mol. The van der Waals surface area contributed by atoms with Crippen molar-refractivity contribution < 1.29 is 9.13 Å². The van der Waals surface area contributed by atoms with Gasteiger partial charge in [0.25, 0.3) is 0 Å². The first-order valence-corrected chi connectivity index (χ1v) is 9.87. The number of aryl methyl sites for hydroxylation is 1. The lowest BCUT2D eigenvalue weighted by Gasteiger charge is -2.26. The van der Waals surface area contributed by atoms with Gasteiger partial charge in [0.15, 0.2) is 0 Å². The highest BCUT2D eigenvalue weighted by atomic mass is 19.1. The quantitative estimate of drug-likeness (QED) is 0.644. The standard InChI is InChI=1S/C23H26FN3O/c1-26-17-21(18-4-6-20(24)7-5-18)23(19-8-10-25-11-9-19)22(26)3-2-12-27-13-15-28-16-14-27/h4-11,17H,2-3,12-16H2,1H3. The van der Waals surface area contributed by atoms with E-state index in [-0.39, 0.29) is 5.82 Å². The van der Waals surface area contributed by atoms with Gasteiger partial charge in [0.05, 0.1) is 13.2 Å². The normalized spacial score (nSPS) is 15.1. The number of rotatable bonds is 6. The largest absolute Gasteiger partial charge is 0.379 e. The molecule has 3 aromatic rings. The van der Waals surface area contributed by atoms with Crippen molar-refractivity contribution in [1.82, 2.24) is 14.5 Å². The predicted octanol–water partition coefficient (Wildman–Crippen LogP) is 4.16. The van der Waals surface area contributed by atoms with Crippen LogP contribution < -0.4 is 0 Å². The second-order valence-electron chi connectivity index (χ2n) is 7.28. The lowest BCUT2D eigenvalue weighted by molar-refractivity contribution is 0.0374. The summed E-state index contributed by atoms with van der Waals surface area (Å²) in [7, 11) is 2.10. The molecule has 0 unspecified atom stereocenters. The fourth-order valence-corrected chi connectivity index (χ4v) is 3.95. The minimum Gasteiger partial charge on any atom is -0.379 e. The minimum atomic E-state index is -0.212. The third-order valence-electron chi connectivity index (χ3n) is 5.42. The van der Waals surface area contributed by atoms with Gasteiger partial charge in [-0.2, -0.15) is 0 Å². The van der Waals surface area contributed by atoms with Crippen molar-refractivity contribution in [2.24, 2.45) is 7.05 Å². The second kappa shape index (κ2) is 8.67. The number of morpholine rings is 1. The highest BCUT2D eigenvalue weighted by Gasteiger charge is 2.18. The van der Waals surface area contributed by atoms with Crippen molar-refractivity contribution in [2.45, 2.75) is 12.8 Å². The summed E-state index contributed by atoms with van der Waals surface area (Å²) in [4.78, 5) is 6.64. The zero-order valence-corrected chi connectivity index (χ0v) is 16.3. The van der Waals surface area contributed by atoms with Crippen LogP contribution in [0.2, 0.25) is 0 Å². The molecular formula is C23H26FN3O. The first-order chi connectivity index (χ1) is 13.7. The molecule has 2 aromatic heterocycles. The highest BCUT2D eigenvalue weighted by molar-refractivity contribution is 5.85. The van der Waals surface area contributed by atoms with Crippen LogP contribution in [0.15, 0.2) is 55.0 Å². The smallest absolute Gasteiger partial charge is 0.123 e. The fraction of sp³-hybridized carbons (Fsp3) is 0.348. The second-order valence-corrected chi connectivity index (χ2v) is 7.28. The lowest BCUT2D eigenvalue weighted by Crippen LogP contribution is -2.37. The molecule has 28 heavy (non-hydrogen) atoms. The summed E-state index contributed by atoms with van der Waals surface area (Å²) in [6, 6.07) is 10.9. The van der Waals surface area contributed by atoms with E-state index in [0.717, 1.165) is 62.4 Å². The van der Waals surface area contributed by atoms with Crippen LogP contribution in [0.1, 0.15) is 12.1 Å². The molecule has 0 atom stereocenters. The molecule has 0 bridgehead atoms. The van der Waals surface area contributed by atoms with Crippen molar-refractivity contribution in [3.05, 3.63) is 66.5 Å². The summed E-state index contributed by atoms with van der Waals surface area (Å²) in [5.41, 5.74) is 5.84. The Balaban J connectivity index is 1.64. The van der Waals surface area contributed by atoms with Gasteiger partial charge >= 0.3 is 0 Å². The van der Waals surface area contributed by atoms with Gasteiger partial charge in [-0.05, 0) is 54.8 Å². The molecule has 0 spiro atoms. The van der Waals surface area contributed by atoms with Crippen LogP contribution in [0, 0.1) is 5.82 Å². The number of hydrogen-bond acceptors (Lipinski definition) is 3. The number of benzene rings is 1. The van der Waals surface area contributed by atoms with Crippen molar-refractivity contribution in [3.8, 4) is 22.3 Å². The number of ether oxygens (including phenoxy) is 1. The Morgan fingerprint density at radius 1 is 1.00 bits per heavy atom. The van der Waals surface area contributed by atoms with E-state index < -0.39 is 0 Å². The molecule has 1 fully saturated rings. The first-order valence-electron chi connectivity index (χ1n) is 9.87. The predicted molar refractivity (Wildman–Crippen MR) is 110 cm³/mol. The molecule has 5 heteroatoms. The molecule has 146 valence electrons. The Labute approximate surface area is 165 Å². The van der Waals surface area contributed by atoms with E-state index in [0.29, 0.717) is 0 Å². The number of halogens is 1. The maximum absolute atomic E-state index is 13.4. The van der Waals surface area contributed by atoms with Crippen LogP contribution in [0.3, 0.4) is 0 Å². The monoisotopic (exact) mass is 379 g/mol. The van der Waals surface area contributed by atoms with Crippen LogP contribution in [0.5, 0.6) is 0 Å². The van der Waals surface area contributed by atoms with E-state index in [1.165, 1.54) is 23.4 Å². The molecule has 0 N–H and O–H groups in total. The van der Waals surface area contributed by atoms with Crippen molar-refractivity contribution >= 4 is 0 Å². The van der Waals surface area contributed by atoms with Crippen LogP contribution in [0.4, 0.5) is 4.39 Å². The Bertz CT molecular complexity index is 900. The van der Waals surface area contributed by atoms with Crippen LogP contribution in [-0.2, 0) is 18.2 Å². The molecule has 0 aliphatic carbocycles. The maximum Gasteiger partial charge on any atom is 0.123 e. The number of pyridine rings is 1. The summed E-state index contributed by atoms with van der Waals surface area (Å²) in [5, 5.41) is 0. The number of hydrogen-bond donors (Lipinski definition) is 0. The molecule has 4 nitrogen and oxygen atoms in total. The van der Waals surface area contributed by atoms with Crippen LogP contribution in [-0.4, -0.2) is 47.3 Å². The lowest BCUT2D eigenvalue weighted by atomic mass is 9.96. The van der Waals surface area contributed by atoms with Crippen molar-refractivity contribution in [3.63, 3.8) is 0 Å². The highest BCUT2D eigenvalue weighted by Crippen LogP contribution is 2.36. The molecule has 1 aromatic carbocycles. The van der Waals surface area contributed by atoms with E-state index in [4.69, 9.17) is 4.74 Å². The van der Waals surface area contributed by atoms with Crippen molar-refractivity contribution in [2.75, 3.05) is 32.8 Å². The van der Waals surface area contributed by atoms with E-state index in [9.17, 15) is 4.39 Å². The number of aromatic nitrogens is 2. The van der Waals surface area contributed by atoms with Gasteiger partial charge in [0.1, 0.15) is 5.82 Å². The summed E-state index contributed by atoms with van der Waals surface area (Å²) in [6.07, 6.45) is 7.90. The zero-order valence-electron chi connectivity index (χ0n) is 16.3. The molecule has 0 saturated carbocycles. The van der Waals surface area contributed by atoms with E-state index in [2.05, 4.69) is 27.7 Å². The molecule has 1 saturated heterocycles. The van der Waals surface area contributed by atoms with Crippen molar-refractivity contribution in [1.29, 1.82) is 0 Å². The Morgan fingerprint density at radius 3 is 2.43 bits per heavy atom. The van der Waals surface area contributed by atoms with Gasteiger partial charge in [0.2, 0.25) is 0 Å². The zero-order chi connectivity index (χ0) is 19.3. The molecular weight excluding hydrogens is 353 g/mol. The Hall–Kier alpha value is -2.50. The van der Waals surface area contributed by atoms with Crippen LogP contribution in [0.25, 0.3) is 22.3 Å². The van der Waals surface area contributed by atoms with E-state index in [1.807, 2.05) is 36.7 Å². The van der Waals surface area contributed by atoms with Gasteiger partial charge in [-0.15, -0.1) is 0 Å². The molecule has 3 heterocycles. The minimum absolute atomic E-state index is 0.212. The third kappa shape index (κ3) is 4.16. The molecule has 4 rings (SSSR count). The van der Waals surface area contributed by atoms with E-state index in [1.54, 1.807) is 0 Å². The molecule has 1 aliphatic heterocycles. The topological polar surface area (TPSA) is 30.3 Å². The third-order valence-corrected chi connectivity index (χ3v) is 5.42. The summed E-state index contributed by atoms with van der Waals surface area (Å²) in [6.45, 7) is 4.79. The van der Waals surface area contributed by atoms with Gasteiger partial charge in [0, 0.05) is 55.5 Å². The summed E-state index contributed by atoms with van der Waals surface area (Å²) < 4.78 is 21.1. The van der Waals surface area contributed by atoms with Gasteiger partial charge in [-0.1, -0.05) is 12.1 Å².